The maximum atomic E-state index is 12.1. The Bertz CT molecular complexity index is 3590. The molecule has 0 saturated heterocycles. The molecule has 27 nitrogen and oxygen atoms in total. The van der Waals surface area contributed by atoms with Gasteiger partial charge in [-0.05, 0) is 119 Å². The molecule has 422 valence electrons. The first-order valence-corrected chi connectivity index (χ1v) is 26.5. The molecule has 6 rings (SSSR count). The van der Waals surface area contributed by atoms with Crippen molar-refractivity contribution in [2.24, 2.45) is 10.2 Å². The summed E-state index contributed by atoms with van der Waals surface area (Å²) in [6.07, 6.45) is 0. The third kappa shape index (κ3) is 16.9. The van der Waals surface area contributed by atoms with E-state index in [4.69, 9.17) is 17.2 Å². The Kier molecular flexibility index (Phi) is 26.2. The number of fused-ring (bicyclic) bond motifs is 2. The van der Waals surface area contributed by atoms with Gasteiger partial charge in [0.15, 0.2) is 0 Å². The van der Waals surface area contributed by atoms with Crippen LogP contribution < -0.4 is 36.1 Å². The molecule has 0 spiro atoms. The summed E-state index contributed by atoms with van der Waals surface area (Å²) in [5, 5.41) is 29.0. The first-order chi connectivity index (χ1) is 32.9. The highest BCUT2D eigenvalue weighted by Crippen LogP contribution is 2.36. The molecule has 2 heterocycles. The van der Waals surface area contributed by atoms with Crippen molar-refractivity contribution >= 4 is 151 Å². The van der Waals surface area contributed by atoms with E-state index in [-0.39, 0.29) is 105 Å². The van der Waals surface area contributed by atoms with Gasteiger partial charge in [0.05, 0.1) is 43.2 Å². The number of aromatic amines is 1. The number of nitro benzene ring substituents is 1. The second-order valence-corrected chi connectivity index (χ2v) is 22.5. The zero-order valence-corrected chi connectivity index (χ0v) is 49.6. The lowest BCUT2D eigenvalue weighted by molar-refractivity contribution is -0.384. The third-order valence-corrected chi connectivity index (χ3v) is 16.9. The van der Waals surface area contributed by atoms with Gasteiger partial charge < -0.3 is 17.2 Å². The van der Waals surface area contributed by atoms with Crippen molar-refractivity contribution in [3.8, 4) is 0 Å². The van der Waals surface area contributed by atoms with Crippen molar-refractivity contribution in [2.75, 3.05) is 17.2 Å². The number of anilines is 3. The smallest absolute Gasteiger partial charge is 0.296 e. The first kappa shape index (κ1) is 71.9. The fraction of sp³-hybridized carbons (Fsp3) is 0.349. The van der Waals surface area contributed by atoms with E-state index in [1.54, 1.807) is 58.4 Å². The first-order valence-electron chi connectivity index (χ1n) is 20.5. The van der Waals surface area contributed by atoms with Crippen LogP contribution in [0.2, 0.25) is 0 Å². The molecule has 0 fully saturated rings. The predicted molar refractivity (Wildman–Crippen MR) is 308 cm³/mol. The zero-order chi connectivity index (χ0) is 55.3. The standard InChI is InChI=1S/C11H13N3O3S.C10H12N4O3S.C10H13N3O5S.C10H15N3O3S.2CH4.2HI/c1-6-4-10-9(5-12-13-10)7(2)11(6)18(16,17)14-8(3)15;1-5-4-8-9(12-14-11-8)6(2)10(5)18(16,17)13-7(3)15;1-5-4-8(11)9(13(15)16)6(2)10(5)19(17,18)12-7(3)14;1-5-4-8(11)9(12)6(2)10(5)17(15,16)13-7(3)14;;;;/h4H,5H2,1-3H3,(H,14,15);4H,1-3H3,(H,13,15)(H,11,12,14);4H,11H2,1-3H3,(H,12,14);4H,11-12H2,1-3H3,(H,13,14);2*1H4;2*1H. The minimum Gasteiger partial charge on any atom is -0.397 e. The summed E-state index contributed by atoms with van der Waals surface area (Å²) in [6.45, 7) is 17.4. The van der Waals surface area contributed by atoms with Gasteiger partial charge in [-0.2, -0.15) is 25.6 Å². The van der Waals surface area contributed by atoms with Crippen LogP contribution in [0.5, 0.6) is 0 Å². The van der Waals surface area contributed by atoms with Crippen molar-refractivity contribution in [3.05, 3.63) is 84.5 Å². The van der Waals surface area contributed by atoms with Crippen LogP contribution >= 0.6 is 48.0 Å². The number of amides is 4. The van der Waals surface area contributed by atoms with Crippen LogP contribution in [-0.2, 0) is 65.8 Å². The molecule has 5 aromatic rings. The lowest BCUT2D eigenvalue weighted by Gasteiger charge is -2.14. The van der Waals surface area contributed by atoms with Crippen LogP contribution in [0.4, 0.5) is 28.4 Å². The number of nitrogens with two attached hydrogens (primary N) is 3. The molecule has 1 aliphatic rings. The van der Waals surface area contributed by atoms with Crippen LogP contribution in [0.1, 0.15) is 92.6 Å². The van der Waals surface area contributed by atoms with Crippen LogP contribution in [0.15, 0.2) is 54.1 Å². The Morgan fingerprint density at radius 3 is 1.32 bits per heavy atom. The van der Waals surface area contributed by atoms with Crippen molar-refractivity contribution in [1.29, 1.82) is 0 Å². The van der Waals surface area contributed by atoms with Gasteiger partial charge in [-0.1, -0.05) is 14.9 Å². The van der Waals surface area contributed by atoms with E-state index >= 15 is 0 Å². The van der Waals surface area contributed by atoms with E-state index in [0.29, 0.717) is 62.3 Å². The fourth-order valence-electron chi connectivity index (χ4n) is 7.60. The Morgan fingerprint density at radius 1 is 0.553 bits per heavy atom. The zero-order valence-electron chi connectivity index (χ0n) is 41.6. The molecule has 1 aromatic heterocycles. The van der Waals surface area contributed by atoms with Crippen LogP contribution in [0.3, 0.4) is 0 Å². The lowest BCUT2D eigenvalue weighted by Crippen LogP contribution is -2.29. The van der Waals surface area contributed by atoms with E-state index in [0.717, 1.165) is 26.3 Å². The van der Waals surface area contributed by atoms with Crippen LogP contribution in [-0.4, -0.2) is 77.6 Å². The van der Waals surface area contributed by atoms with Gasteiger partial charge in [0, 0.05) is 38.8 Å². The number of carbonyl (C=O) groups excluding carboxylic acids is 4. The number of nitro groups is 1. The number of nitrogens with one attached hydrogen (secondary N) is 5. The van der Waals surface area contributed by atoms with Gasteiger partial charge >= 0.3 is 0 Å². The Balaban J connectivity index is 0. The van der Waals surface area contributed by atoms with Crippen molar-refractivity contribution < 1.29 is 57.8 Å². The van der Waals surface area contributed by atoms with Gasteiger partial charge in [-0.15, -0.1) is 48.0 Å². The highest BCUT2D eigenvalue weighted by atomic mass is 127. The summed E-state index contributed by atoms with van der Waals surface area (Å²) in [5.74, 6) is -2.67. The largest absolute Gasteiger partial charge is 0.397 e. The number of hydrogen-bond donors (Lipinski definition) is 8. The minimum absolute atomic E-state index is 0. The fourth-order valence-corrected chi connectivity index (χ4v) is 13.5. The normalized spacial score (nSPS) is 11.3. The van der Waals surface area contributed by atoms with Gasteiger partial charge in [-0.25, -0.2) is 52.6 Å². The Labute approximate surface area is 475 Å². The number of rotatable bonds is 9. The van der Waals surface area contributed by atoms with Crippen molar-refractivity contribution in [2.45, 2.75) is 124 Å². The molecule has 11 N–H and O–H groups in total. The molecular formula is C43H63I2N13O14S4. The van der Waals surface area contributed by atoms with Gasteiger partial charge in [-0.3, -0.25) is 29.3 Å². The maximum absolute atomic E-state index is 12.1. The Morgan fingerprint density at radius 2 is 0.908 bits per heavy atom. The number of aromatic nitrogens is 3. The average Bonchev–Trinajstić information content (AvgIpc) is 3.85. The molecule has 4 aromatic carbocycles. The maximum Gasteiger partial charge on any atom is 0.296 e. The predicted octanol–water partition coefficient (Wildman–Crippen LogP) is 5.54. The summed E-state index contributed by atoms with van der Waals surface area (Å²) in [6, 6.07) is 5.95. The van der Waals surface area contributed by atoms with Crippen LogP contribution in [0, 0.1) is 65.5 Å². The topological polar surface area (TPSA) is 440 Å². The van der Waals surface area contributed by atoms with Crippen LogP contribution in [0.25, 0.3) is 11.0 Å². The summed E-state index contributed by atoms with van der Waals surface area (Å²) >= 11 is 0. The molecule has 0 bridgehead atoms. The number of benzene rings is 4. The summed E-state index contributed by atoms with van der Waals surface area (Å²) in [7, 11) is -15.7. The van der Waals surface area contributed by atoms with E-state index in [1.165, 1.54) is 32.9 Å². The molecule has 0 atom stereocenters. The summed E-state index contributed by atoms with van der Waals surface area (Å²) < 4.78 is 104. The quantitative estimate of drug-likeness (QED) is 0.0388. The number of aryl methyl sites for hydroxylation is 5. The number of nitrogen functional groups attached to an aromatic ring is 3. The molecular weight excluding hydrogens is 1300 g/mol. The van der Waals surface area contributed by atoms with Crippen molar-refractivity contribution in [1.82, 2.24) is 34.3 Å². The van der Waals surface area contributed by atoms with Gasteiger partial charge in [0.25, 0.3) is 45.8 Å². The van der Waals surface area contributed by atoms with E-state index in [2.05, 4.69) is 25.6 Å². The molecule has 76 heavy (non-hydrogen) atoms. The second kappa shape index (κ2) is 27.7. The average molecular weight is 1370 g/mol. The van der Waals surface area contributed by atoms with E-state index in [1.807, 2.05) is 14.2 Å². The van der Waals surface area contributed by atoms with E-state index in [9.17, 15) is 63.0 Å². The van der Waals surface area contributed by atoms with Crippen molar-refractivity contribution in [3.63, 3.8) is 0 Å². The van der Waals surface area contributed by atoms with Gasteiger partial charge in [0.1, 0.15) is 21.6 Å². The number of azo groups is 1. The van der Waals surface area contributed by atoms with Gasteiger partial charge in [0.2, 0.25) is 23.6 Å². The molecule has 0 aliphatic carbocycles. The number of sulfonamides is 4. The lowest BCUT2D eigenvalue weighted by atomic mass is 10.0. The molecule has 0 unspecified atom stereocenters. The molecule has 0 saturated carbocycles. The minimum atomic E-state index is -4.15. The SMILES string of the molecule is C.C.CC(=O)NS(=O)(=O)c1c(C)cc(N)c(N)c1C.CC(=O)NS(=O)(=O)c1c(C)cc(N)c([N+](=O)[O-])c1C.CC(=O)NS(=O)(=O)c1c(C)cc2c(c1C)CN=N2.CC(=O)NS(=O)(=O)c1c(C)cc2n[nH]nc2c1C.I.I. The Hall–Kier alpha value is -6.18. The third-order valence-electron chi connectivity index (χ3n) is 10.1. The molecule has 33 heteroatoms. The molecule has 4 amide bonds. The number of H-pyrrole nitrogens is 1. The highest BCUT2D eigenvalue weighted by Gasteiger charge is 2.30. The second-order valence-electron chi connectivity index (χ2n) is 16.0. The van der Waals surface area contributed by atoms with E-state index < -0.39 is 74.3 Å². The summed E-state index contributed by atoms with van der Waals surface area (Å²) in [4.78, 5) is 53.7. The summed E-state index contributed by atoms with van der Waals surface area (Å²) in [5.41, 5.74) is 22.4. The monoisotopic (exact) mass is 1370 g/mol. The number of carbonyl (C=O) groups is 4. The molecule has 0 radical (unpaired) electrons. The number of nitrogens with zero attached hydrogens (tertiary/aromatic N) is 5. The molecule has 1 aliphatic heterocycles. The number of halogens is 2. The highest BCUT2D eigenvalue weighted by molar-refractivity contribution is 14.0. The number of hydrogen-bond acceptors (Lipinski definition) is 21.